The van der Waals surface area contributed by atoms with Crippen molar-refractivity contribution < 1.29 is 27.4 Å². The molecule has 0 aromatic heterocycles. The first kappa shape index (κ1) is 17.2. The number of methoxy groups -OCH3 is 1. The van der Waals surface area contributed by atoms with Gasteiger partial charge in [0.15, 0.2) is 5.75 Å². The van der Waals surface area contributed by atoms with E-state index in [0.29, 0.717) is 44.0 Å². The number of hydrogen-bond acceptors (Lipinski definition) is 4. The van der Waals surface area contributed by atoms with Crippen molar-refractivity contribution in [3.63, 3.8) is 0 Å². The third-order valence-corrected chi connectivity index (χ3v) is 3.67. The van der Waals surface area contributed by atoms with Crippen molar-refractivity contribution >= 4 is 11.6 Å². The Bertz CT molecular complexity index is 555. The summed E-state index contributed by atoms with van der Waals surface area (Å²) in [6.45, 7) is 3.59. The summed E-state index contributed by atoms with van der Waals surface area (Å²) in [5.74, 6) is 0.220. The number of alkyl halides is 3. The van der Waals surface area contributed by atoms with Crippen LogP contribution in [0.3, 0.4) is 0 Å². The second kappa shape index (κ2) is 6.97. The summed E-state index contributed by atoms with van der Waals surface area (Å²) >= 11 is 0. The number of anilines is 1. The Kier molecular flexibility index (Phi) is 5.23. The van der Waals surface area contributed by atoms with Gasteiger partial charge in [-0.2, -0.15) is 0 Å². The van der Waals surface area contributed by atoms with Crippen LogP contribution in [0.1, 0.15) is 13.3 Å². The topological polar surface area (TPSA) is 42.0 Å². The molecule has 1 aliphatic rings. The molecule has 0 spiro atoms. The number of amides is 1. The first-order valence-corrected chi connectivity index (χ1v) is 7.30. The Hall–Kier alpha value is -2.12. The van der Waals surface area contributed by atoms with E-state index in [2.05, 4.69) is 4.74 Å². The minimum atomic E-state index is -4.76. The molecule has 5 nitrogen and oxygen atoms in total. The lowest BCUT2D eigenvalue weighted by atomic mass is 10.2. The number of piperazine rings is 1. The second-order valence-corrected chi connectivity index (χ2v) is 5.10. The van der Waals surface area contributed by atoms with Crippen LogP contribution in [0.5, 0.6) is 11.5 Å². The van der Waals surface area contributed by atoms with Crippen LogP contribution >= 0.6 is 0 Å². The fourth-order valence-electron chi connectivity index (χ4n) is 2.50. The van der Waals surface area contributed by atoms with E-state index in [4.69, 9.17) is 4.74 Å². The van der Waals surface area contributed by atoms with Crippen molar-refractivity contribution in [1.82, 2.24) is 4.90 Å². The van der Waals surface area contributed by atoms with Gasteiger partial charge in [0, 0.05) is 38.7 Å². The maximum absolute atomic E-state index is 12.6. The van der Waals surface area contributed by atoms with Gasteiger partial charge < -0.3 is 19.3 Å². The fourth-order valence-corrected chi connectivity index (χ4v) is 2.50. The molecule has 128 valence electrons. The Labute approximate surface area is 132 Å². The standard InChI is InChI=1S/C15H19F3N2O3/c1-3-14(21)20-8-6-19(7-9-20)12-10-11(22-2)4-5-13(12)23-15(16,17)18/h4-5,10H,3,6-9H2,1-2H3. The lowest BCUT2D eigenvalue weighted by Crippen LogP contribution is -2.48. The van der Waals surface area contributed by atoms with Crippen molar-refractivity contribution in [1.29, 1.82) is 0 Å². The number of ether oxygens (including phenoxy) is 2. The van der Waals surface area contributed by atoms with Crippen LogP contribution in [-0.2, 0) is 4.79 Å². The Morgan fingerprint density at radius 2 is 1.87 bits per heavy atom. The molecule has 0 radical (unpaired) electrons. The quantitative estimate of drug-likeness (QED) is 0.850. The maximum Gasteiger partial charge on any atom is 0.573 e. The zero-order chi connectivity index (χ0) is 17.0. The van der Waals surface area contributed by atoms with Gasteiger partial charge in [0.1, 0.15) is 5.75 Å². The van der Waals surface area contributed by atoms with Gasteiger partial charge in [-0.15, -0.1) is 13.2 Å². The molecule has 1 heterocycles. The zero-order valence-electron chi connectivity index (χ0n) is 13.0. The van der Waals surface area contributed by atoms with E-state index < -0.39 is 6.36 Å². The molecule has 0 atom stereocenters. The molecular formula is C15H19F3N2O3. The van der Waals surface area contributed by atoms with E-state index in [9.17, 15) is 18.0 Å². The molecule has 1 aromatic carbocycles. The van der Waals surface area contributed by atoms with Crippen LogP contribution in [-0.4, -0.2) is 50.5 Å². The molecule has 0 N–H and O–H groups in total. The van der Waals surface area contributed by atoms with E-state index >= 15 is 0 Å². The molecule has 0 bridgehead atoms. The highest BCUT2D eigenvalue weighted by Gasteiger charge is 2.33. The number of hydrogen-bond donors (Lipinski definition) is 0. The van der Waals surface area contributed by atoms with Crippen molar-refractivity contribution in [2.45, 2.75) is 19.7 Å². The van der Waals surface area contributed by atoms with E-state index in [1.165, 1.54) is 25.3 Å². The van der Waals surface area contributed by atoms with E-state index in [-0.39, 0.29) is 11.7 Å². The molecule has 1 aliphatic heterocycles. The number of carbonyl (C=O) groups is 1. The van der Waals surface area contributed by atoms with Gasteiger partial charge in [0.05, 0.1) is 12.8 Å². The molecular weight excluding hydrogens is 313 g/mol. The van der Waals surface area contributed by atoms with Crippen LogP contribution in [0.4, 0.5) is 18.9 Å². The number of carbonyl (C=O) groups excluding carboxylic acids is 1. The number of halogens is 3. The van der Waals surface area contributed by atoms with Crippen LogP contribution < -0.4 is 14.4 Å². The van der Waals surface area contributed by atoms with Gasteiger partial charge in [0.25, 0.3) is 0 Å². The minimum Gasteiger partial charge on any atom is -0.497 e. The molecule has 8 heteroatoms. The largest absolute Gasteiger partial charge is 0.573 e. The van der Waals surface area contributed by atoms with Crippen LogP contribution in [0.25, 0.3) is 0 Å². The highest BCUT2D eigenvalue weighted by molar-refractivity contribution is 5.76. The molecule has 1 fully saturated rings. The molecule has 0 unspecified atom stereocenters. The van der Waals surface area contributed by atoms with Gasteiger partial charge in [-0.1, -0.05) is 6.92 Å². The number of nitrogens with zero attached hydrogens (tertiary/aromatic N) is 2. The highest BCUT2D eigenvalue weighted by Crippen LogP contribution is 2.36. The molecule has 23 heavy (non-hydrogen) atoms. The maximum atomic E-state index is 12.6. The fraction of sp³-hybridized carbons (Fsp3) is 0.533. The first-order valence-electron chi connectivity index (χ1n) is 7.30. The van der Waals surface area contributed by atoms with E-state index in [1.807, 2.05) is 0 Å². The van der Waals surface area contributed by atoms with Gasteiger partial charge in [-0.25, -0.2) is 0 Å². The second-order valence-electron chi connectivity index (χ2n) is 5.10. The summed E-state index contributed by atoms with van der Waals surface area (Å²) in [5, 5.41) is 0. The summed E-state index contributed by atoms with van der Waals surface area (Å²) in [5.41, 5.74) is 0.310. The molecule has 1 amide bonds. The molecule has 1 saturated heterocycles. The molecule has 0 saturated carbocycles. The lowest BCUT2D eigenvalue weighted by Gasteiger charge is -2.36. The SMILES string of the molecule is CCC(=O)N1CCN(c2cc(OC)ccc2OC(F)(F)F)CC1. The third kappa shape index (κ3) is 4.43. The highest BCUT2D eigenvalue weighted by atomic mass is 19.4. The Morgan fingerprint density at radius 1 is 1.22 bits per heavy atom. The summed E-state index contributed by atoms with van der Waals surface area (Å²) in [4.78, 5) is 15.2. The smallest absolute Gasteiger partial charge is 0.497 e. The Morgan fingerprint density at radius 3 is 2.39 bits per heavy atom. The van der Waals surface area contributed by atoms with E-state index in [1.54, 1.807) is 16.7 Å². The van der Waals surface area contributed by atoms with Gasteiger partial charge in [-0.3, -0.25) is 4.79 Å². The lowest BCUT2D eigenvalue weighted by molar-refractivity contribution is -0.274. The van der Waals surface area contributed by atoms with Gasteiger partial charge in [0.2, 0.25) is 5.91 Å². The summed E-state index contributed by atoms with van der Waals surface area (Å²) < 4.78 is 46.9. The Balaban J connectivity index is 2.19. The van der Waals surface area contributed by atoms with Crippen molar-refractivity contribution in [2.24, 2.45) is 0 Å². The van der Waals surface area contributed by atoms with Crippen molar-refractivity contribution in [3.05, 3.63) is 18.2 Å². The van der Waals surface area contributed by atoms with Crippen molar-refractivity contribution in [3.8, 4) is 11.5 Å². The summed E-state index contributed by atoms with van der Waals surface area (Å²) in [6.07, 6.45) is -4.34. The van der Waals surface area contributed by atoms with Crippen LogP contribution in [0, 0.1) is 0 Å². The predicted molar refractivity (Wildman–Crippen MR) is 78.8 cm³/mol. The molecule has 2 rings (SSSR count). The van der Waals surface area contributed by atoms with Gasteiger partial charge >= 0.3 is 6.36 Å². The number of benzene rings is 1. The van der Waals surface area contributed by atoms with Gasteiger partial charge in [-0.05, 0) is 12.1 Å². The number of rotatable bonds is 4. The minimum absolute atomic E-state index is 0.0436. The van der Waals surface area contributed by atoms with Crippen LogP contribution in [0.2, 0.25) is 0 Å². The first-order chi connectivity index (χ1) is 10.8. The van der Waals surface area contributed by atoms with E-state index in [0.717, 1.165) is 0 Å². The predicted octanol–water partition coefficient (Wildman–Crippen LogP) is 2.65. The molecule has 1 aromatic rings. The third-order valence-electron chi connectivity index (χ3n) is 3.67. The normalized spacial score (nSPS) is 15.5. The van der Waals surface area contributed by atoms with Crippen molar-refractivity contribution in [2.75, 3.05) is 38.2 Å². The monoisotopic (exact) mass is 332 g/mol. The average molecular weight is 332 g/mol. The summed E-state index contributed by atoms with van der Waals surface area (Å²) in [7, 11) is 1.45. The molecule has 0 aliphatic carbocycles. The average Bonchev–Trinajstić information content (AvgIpc) is 2.53. The zero-order valence-corrected chi connectivity index (χ0v) is 13.0. The van der Waals surface area contributed by atoms with Crippen LogP contribution in [0.15, 0.2) is 18.2 Å². The summed E-state index contributed by atoms with van der Waals surface area (Å²) in [6, 6.07) is 4.17.